The number of rotatable bonds is 5. The maximum Gasteiger partial charge on any atom is 0.257 e. The van der Waals surface area contributed by atoms with Gasteiger partial charge in [0.25, 0.3) is 5.91 Å². The number of amides is 1. The Kier molecular flexibility index (Phi) is 4.25. The number of fused-ring (bicyclic) bond motifs is 1. The van der Waals surface area contributed by atoms with Crippen molar-refractivity contribution in [3.05, 3.63) is 23.5 Å². The first-order valence-electron chi connectivity index (χ1n) is 6.58. The number of anilines is 2. The minimum Gasteiger partial charge on any atom is -0.378 e. The van der Waals surface area contributed by atoms with E-state index < -0.39 is 17.8 Å². The van der Waals surface area contributed by atoms with Crippen molar-refractivity contribution in [2.75, 3.05) is 44.4 Å². The quantitative estimate of drug-likeness (QED) is 0.851. The highest BCUT2D eigenvalue weighted by molar-refractivity contribution is 6.02. The monoisotopic (exact) mass is 281 g/mol. The standard InChI is InChI=1S/C14H20FN3O2/c1-17(2)5-4-6-18(3)12-8-11-9(7-10(12)15)13(19)14(20)16-11/h7-8,13,19H,4-6H2,1-3H3,(H,16,20). The van der Waals surface area contributed by atoms with E-state index in [-0.39, 0.29) is 0 Å². The van der Waals surface area contributed by atoms with Crippen LogP contribution in [0.2, 0.25) is 0 Å². The molecule has 1 heterocycles. The molecule has 1 aliphatic heterocycles. The van der Waals surface area contributed by atoms with Crippen LogP contribution in [-0.4, -0.2) is 50.1 Å². The molecule has 20 heavy (non-hydrogen) atoms. The molecule has 0 radical (unpaired) electrons. The number of nitrogens with one attached hydrogen (secondary N) is 1. The summed E-state index contributed by atoms with van der Waals surface area (Å²) in [5.41, 5.74) is 1.22. The van der Waals surface area contributed by atoms with Crippen LogP contribution >= 0.6 is 0 Å². The van der Waals surface area contributed by atoms with E-state index in [1.165, 1.54) is 6.07 Å². The number of aliphatic hydroxyl groups excluding tert-OH is 1. The van der Waals surface area contributed by atoms with E-state index in [4.69, 9.17) is 0 Å². The molecule has 0 spiro atoms. The number of nitrogens with zero attached hydrogens (tertiary/aromatic N) is 2. The molecule has 0 aliphatic carbocycles. The lowest BCUT2D eigenvalue weighted by Gasteiger charge is -2.21. The van der Waals surface area contributed by atoms with Crippen molar-refractivity contribution in [3.8, 4) is 0 Å². The van der Waals surface area contributed by atoms with E-state index in [0.29, 0.717) is 23.5 Å². The van der Waals surface area contributed by atoms with Crippen LogP contribution < -0.4 is 10.2 Å². The smallest absolute Gasteiger partial charge is 0.257 e. The zero-order valence-corrected chi connectivity index (χ0v) is 12.0. The third-order valence-corrected chi connectivity index (χ3v) is 3.43. The number of halogens is 1. The molecule has 0 aromatic heterocycles. The highest BCUT2D eigenvalue weighted by Gasteiger charge is 2.30. The summed E-state index contributed by atoms with van der Waals surface area (Å²) in [5, 5.41) is 12.2. The molecule has 110 valence electrons. The highest BCUT2D eigenvalue weighted by atomic mass is 19.1. The predicted octanol–water partition coefficient (Wildman–Crippen LogP) is 1.20. The number of carbonyl (C=O) groups excluding carboxylic acids is 1. The Morgan fingerprint density at radius 3 is 2.65 bits per heavy atom. The molecular formula is C14H20FN3O2. The molecule has 1 aliphatic rings. The van der Waals surface area contributed by atoms with Gasteiger partial charge in [-0.3, -0.25) is 4.79 Å². The Morgan fingerprint density at radius 2 is 2.00 bits per heavy atom. The molecule has 1 aromatic rings. The van der Waals surface area contributed by atoms with E-state index in [2.05, 4.69) is 10.2 Å². The molecule has 1 amide bonds. The summed E-state index contributed by atoms with van der Waals surface area (Å²) in [5.74, 6) is -0.932. The van der Waals surface area contributed by atoms with Gasteiger partial charge in [0.15, 0.2) is 6.10 Å². The number of hydrogen-bond donors (Lipinski definition) is 2. The molecule has 0 bridgehead atoms. The maximum atomic E-state index is 14.1. The van der Waals surface area contributed by atoms with Gasteiger partial charge in [-0.1, -0.05) is 0 Å². The molecule has 2 rings (SSSR count). The van der Waals surface area contributed by atoms with Gasteiger partial charge in [0, 0.05) is 24.8 Å². The average molecular weight is 281 g/mol. The van der Waals surface area contributed by atoms with Crippen molar-refractivity contribution in [2.24, 2.45) is 0 Å². The molecule has 2 N–H and O–H groups in total. The summed E-state index contributed by atoms with van der Waals surface area (Å²) >= 11 is 0. The third kappa shape index (κ3) is 2.91. The largest absolute Gasteiger partial charge is 0.378 e. The first kappa shape index (κ1) is 14.7. The fourth-order valence-electron chi connectivity index (χ4n) is 2.29. The zero-order chi connectivity index (χ0) is 14.9. The van der Waals surface area contributed by atoms with Gasteiger partial charge in [-0.2, -0.15) is 0 Å². The maximum absolute atomic E-state index is 14.1. The predicted molar refractivity (Wildman–Crippen MR) is 76.4 cm³/mol. The van der Waals surface area contributed by atoms with E-state index in [9.17, 15) is 14.3 Å². The van der Waals surface area contributed by atoms with Crippen LogP contribution in [0.25, 0.3) is 0 Å². The van der Waals surface area contributed by atoms with Crippen molar-refractivity contribution in [1.82, 2.24) is 4.90 Å². The molecule has 0 fully saturated rings. The summed E-state index contributed by atoms with van der Waals surface area (Å²) in [6, 6.07) is 2.81. The van der Waals surface area contributed by atoms with Crippen LogP contribution in [0.15, 0.2) is 12.1 Å². The van der Waals surface area contributed by atoms with Gasteiger partial charge < -0.3 is 20.2 Å². The highest BCUT2D eigenvalue weighted by Crippen LogP contribution is 2.35. The number of hydrogen-bond acceptors (Lipinski definition) is 4. The van der Waals surface area contributed by atoms with Gasteiger partial charge >= 0.3 is 0 Å². The van der Waals surface area contributed by atoms with Crippen molar-refractivity contribution < 1.29 is 14.3 Å². The summed E-state index contributed by atoms with van der Waals surface area (Å²) in [4.78, 5) is 15.3. The van der Waals surface area contributed by atoms with Crippen molar-refractivity contribution in [2.45, 2.75) is 12.5 Å². The molecule has 1 aromatic carbocycles. The lowest BCUT2D eigenvalue weighted by molar-refractivity contribution is -0.123. The number of aliphatic hydroxyl groups is 1. The van der Waals surface area contributed by atoms with E-state index in [1.54, 1.807) is 6.07 Å². The summed E-state index contributed by atoms with van der Waals surface area (Å²) < 4.78 is 14.1. The molecule has 0 saturated heterocycles. The molecule has 1 unspecified atom stereocenters. The number of carbonyl (C=O) groups is 1. The van der Waals surface area contributed by atoms with Crippen LogP contribution in [0.4, 0.5) is 15.8 Å². The first-order chi connectivity index (χ1) is 9.40. The van der Waals surface area contributed by atoms with Gasteiger partial charge in [-0.25, -0.2) is 4.39 Å². The van der Waals surface area contributed by atoms with Gasteiger partial charge in [0.2, 0.25) is 0 Å². The Hall–Kier alpha value is -1.66. The van der Waals surface area contributed by atoms with E-state index >= 15 is 0 Å². The summed E-state index contributed by atoms with van der Waals surface area (Å²) in [6.45, 7) is 1.64. The Labute approximate surface area is 118 Å². The van der Waals surface area contributed by atoms with E-state index in [1.807, 2.05) is 26.0 Å². The van der Waals surface area contributed by atoms with Gasteiger partial charge in [-0.15, -0.1) is 0 Å². The molecule has 5 nitrogen and oxygen atoms in total. The number of benzene rings is 1. The van der Waals surface area contributed by atoms with Crippen LogP contribution in [0, 0.1) is 5.82 Å². The molecule has 0 saturated carbocycles. The second kappa shape index (κ2) is 5.76. The van der Waals surface area contributed by atoms with Crippen molar-refractivity contribution in [1.29, 1.82) is 0 Å². The van der Waals surface area contributed by atoms with Crippen LogP contribution in [0.3, 0.4) is 0 Å². The lowest BCUT2D eigenvalue weighted by atomic mass is 10.1. The first-order valence-corrected chi connectivity index (χ1v) is 6.58. The fraction of sp³-hybridized carbons (Fsp3) is 0.500. The minimum absolute atomic E-state index is 0.304. The Bertz CT molecular complexity index is 519. The van der Waals surface area contributed by atoms with Crippen LogP contribution in [-0.2, 0) is 4.79 Å². The van der Waals surface area contributed by atoms with Gasteiger partial charge in [-0.05, 0) is 39.2 Å². The second-order valence-electron chi connectivity index (χ2n) is 5.36. The summed E-state index contributed by atoms with van der Waals surface area (Å²) in [6.07, 6.45) is -0.359. The van der Waals surface area contributed by atoms with Crippen molar-refractivity contribution >= 4 is 17.3 Å². The van der Waals surface area contributed by atoms with Gasteiger partial charge in [0.05, 0.1) is 5.69 Å². The van der Waals surface area contributed by atoms with Gasteiger partial charge in [0.1, 0.15) is 5.82 Å². The van der Waals surface area contributed by atoms with E-state index in [0.717, 1.165) is 13.0 Å². The minimum atomic E-state index is -1.27. The van der Waals surface area contributed by atoms with Crippen LogP contribution in [0.5, 0.6) is 0 Å². The molecule has 1 atom stereocenters. The average Bonchev–Trinajstić information content (AvgIpc) is 2.64. The zero-order valence-electron chi connectivity index (χ0n) is 12.0. The van der Waals surface area contributed by atoms with Crippen molar-refractivity contribution in [3.63, 3.8) is 0 Å². The SMILES string of the molecule is CN(C)CCCN(C)c1cc2c(cc1F)C(O)C(=O)N2. The summed E-state index contributed by atoms with van der Waals surface area (Å²) in [7, 11) is 5.80. The Balaban J connectivity index is 2.13. The molecular weight excluding hydrogens is 261 g/mol. The second-order valence-corrected chi connectivity index (χ2v) is 5.36. The Morgan fingerprint density at radius 1 is 1.30 bits per heavy atom. The normalized spacial score (nSPS) is 17.3. The fourth-order valence-corrected chi connectivity index (χ4v) is 2.29. The molecule has 6 heteroatoms. The third-order valence-electron chi connectivity index (χ3n) is 3.43. The van der Waals surface area contributed by atoms with Crippen LogP contribution in [0.1, 0.15) is 18.1 Å². The lowest BCUT2D eigenvalue weighted by Crippen LogP contribution is -2.24. The topological polar surface area (TPSA) is 55.8 Å².